The van der Waals surface area contributed by atoms with Gasteiger partial charge in [-0.25, -0.2) is 0 Å². The van der Waals surface area contributed by atoms with Crippen LogP contribution in [0.5, 0.6) is 0 Å². The van der Waals surface area contributed by atoms with E-state index >= 15 is 0 Å². The number of ketones is 1. The van der Waals surface area contributed by atoms with Crippen molar-refractivity contribution in [2.24, 2.45) is 11.8 Å². The minimum absolute atomic E-state index is 0.0513. The van der Waals surface area contributed by atoms with Gasteiger partial charge in [-0.3, -0.25) is 4.79 Å². The summed E-state index contributed by atoms with van der Waals surface area (Å²) in [5, 5.41) is 9.43. The summed E-state index contributed by atoms with van der Waals surface area (Å²) in [5.74, 6) is 0.305. The molecular weight excluding hydrogens is 224 g/mol. The van der Waals surface area contributed by atoms with Crippen LogP contribution in [0.2, 0.25) is 0 Å². The van der Waals surface area contributed by atoms with Crippen molar-refractivity contribution in [1.82, 2.24) is 0 Å². The highest BCUT2D eigenvalue weighted by Crippen LogP contribution is 2.23. The first-order chi connectivity index (χ1) is 8.62. The standard InChI is InChI=1S/C16H30O2/c1-5-8-10-14(7-3)16(18)13(4)15(12-17)11-9-6-2/h10,13,15,17H,5-9,11-12H2,1-4H3. The van der Waals surface area contributed by atoms with Gasteiger partial charge in [-0.15, -0.1) is 0 Å². The van der Waals surface area contributed by atoms with Gasteiger partial charge in [0, 0.05) is 12.5 Å². The number of carbonyl (C=O) groups excluding carboxylic acids is 1. The smallest absolute Gasteiger partial charge is 0.161 e. The average molecular weight is 254 g/mol. The molecule has 0 amide bonds. The minimum atomic E-state index is -0.0513. The van der Waals surface area contributed by atoms with Gasteiger partial charge in [0.15, 0.2) is 5.78 Å². The lowest BCUT2D eigenvalue weighted by atomic mass is 9.83. The quantitative estimate of drug-likeness (QED) is 0.595. The first kappa shape index (κ1) is 17.4. The van der Waals surface area contributed by atoms with Crippen LogP contribution in [0.15, 0.2) is 11.6 Å². The second-order valence-electron chi connectivity index (χ2n) is 5.11. The Hall–Kier alpha value is -0.630. The lowest BCUT2D eigenvalue weighted by Gasteiger charge is -2.21. The average Bonchev–Trinajstić information content (AvgIpc) is 2.39. The summed E-state index contributed by atoms with van der Waals surface area (Å²) in [6.45, 7) is 8.38. The van der Waals surface area contributed by atoms with Crippen molar-refractivity contribution in [3.05, 3.63) is 11.6 Å². The molecule has 0 radical (unpaired) electrons. The zero-order valence-corrected chi connectivity index (χ0v) is 12.5. The van der Waals surface area contributed by atoms with Crippen molar-refractivity contribution >= 4 is 5.78 Å². The molecule has 0 rings (SSSR count). The van der Waals surface area contributed by atoms with Crippen molar-refractivity contribution < 1.29 is 9.90 Å². The molecule has 0 aliphatic rings. The van der Waals surface area contributed by atoms with Crippen molar-refractivity contribution in [3.63, 3.8) is 0 Å². The molecule has 0 heterocycles. The first-order valence-corrected chi connectivity index (χ1v) is 7.46. The maximum atomic E-state index is 12.4. The summed E-state index contributed by atoms with van der Waals surface area (Å²) in [4.78, 5) is 12.4. The van der Waals surface area contributed by atoms with E-state index in [4.69, 9.17) is 0 Å². The molecule has 18 heavy (non-hydrogen) atoms. The number of aliphatic hydroxyl groups is 1. The van der Waals surface area contributed by atoms with E-state index in [0.29, 0.717) is 0 Å². The molecule has 106 valence electrons. The Labute approximate surface area is 112 Å². The molecule has 0 aromatic rings. The summed E-state index contributed by atoms with van der Waals surface area (Å²) in [5.41, 5.74) is 0.944. The van der Waals surface area contributed by atoms with Crippen LogP contribution >= 0.6 is 0 Å². The minimum Gasteiger partial charge on any atom is -0.396 e. The maximum Gasteiger partial charge on any atom is 0.161 e. The number of Topliss-reactive ketones (excluding diaryl/α,β-unsaturated/α-hetero) is 1. The van der Waals surface area contributed by atoms with Gasteiger partial charge in [0.05, 0.1) is 0 Å². The van der Waals surface area contributed by atoms with Crippen molar-refractivity contribution in [2.75, 3.05) is 6.61 Å². The van der Waals surface area contributed by atoms with Gasteiger partial charge >= 0.3 is 0 Å². The van der Waals surface area contributed by atoms with Gasteiger partial charge in [-0.05, 0) is 30.8 Å². The van der Waals surface area contributed by atoms with Crippen molar-refractivity contribution in [3.8, 4) is 0 Å². The predicted molar refractivity (Wildman–Crippen MR) is 77.6 cm³/mol. The zero-order valence-electron chi connectivity index (χ0n) is 12.5. The van der Waals surface area contributed by atoms with Gasteiger partial charge in [0.1, 0.15) is 0 Å². The van der Waals surface area contributed by atoms with Gasteiger partial charge in [0.25, 0.3) is 0 Å². The Morgan fingerprint density at radius 2 is 1.89 bits per heavy atom. The lowest BCUT2D eigenvalue weighted by Crippen LogP contribution is -2.25. The molecule has 2 atom stereocenters. The molecule has 0 bridgehead atoms. The van der Waals surface area contributed by atoms with E-state index in [-0.39, 0.29) is 24.2 Å². The van der Waals surface area contributed by atoms with Crippen molar-refractivity contribution in [2.45, 2.75) is 66.2 Å². The Kier molecular flexibility index (Phi) is 9.95. The molecule has 0 saturated heterocycles. The fourth-order valence-electron chi connectivity index (χ4n) is 2.21. The predicted octanol–water partition coefficient (Wildman–Crippen LogP) is 4.13. The van der Waals surface area contributed by atoms with Crippen LogP contribution in [-0.4, -0.2) is 17.5 Å². The number of carbonyl (C=O) groups is 1. The highest BCUT2D eigenvalue weighted by atomic mass is 16.3. The molecule has 0 aromatic carbocycles. The maximum absolute atomic E-state index is 12.4. The van der Waals surface area contributed by atoms with Gasteiger partial charge in [-0.1, -0.05) is 53.0 Å². The van der Waals surface area contributed by atoms with Crippen LogP contribution in [0.25, 0.3) is 0 Å². The summed E-state index contributed by atoms with van der Waals surface area (Å²) < 4.78 is 0. The third-order valence-corrected chi connectivity index (χ3v) is 3.66. The summed E-state index contributed by atoms with van der Waals surface area (Å²) >= 11 is 0. The van der Waals surface area contributed by atoms with Crippen molar-refractivity contribution in [1.29, 1.82) is 0 Å². The summed E-state index contributed by atoms with van der Waals surface area (Å²) in [6, 6.07) is 0. The first-order valence-electron chi connectivity index (χ1n) is 7.46. The van der Waals surface area contributed by atoms with Crippen LogP contribution in [0, 0.1) is 11.8 Å². The van der Waals surface area contributed by atoms with E-state index in [1.54, 1.807) is 0 Å². The monoisotopic (exact) mass is 254 g/mol. The fraction of sp³-hybridized carbons (Fsp3) is 0.812. The van der Waals surface area contributed by atoms with Gasteiger partial charge in [-0.2, -0.15) is 0 Å². The molecule has 0 aliphatic carbocycles. The number of hydrogen-bond donors (Lipinski definition) is 1. The largest absolute Gasteiger partial charge is 0.396 e. The van der Waals surface area contributed by atoms with Gasteiger partial charge < -0.3 is 5.11 Å². The normalized spacial score (nSPS) is 15.5. The topological polar surface area (TPSA) is 37.3 Å². The van der Waals surface area contributed by atoms with E-state index in [2.05, 4.69) is 19.9 Å². The third-order valence-electron chi connectivity index (χ3n) is 3.66. The molecule has 2 nitrogen and oxygen atoms in total. The number of hydrogen-bond acceptors (Lipinski definition) is 2. The van der Waals surface area contributed by atoms with Gasteiger partial charge in [0.2, 0.25) is 0 Å². The van der Waals surface area contributed by atoms with Crippen LogP contribution in [0.1, 0.15) is 66.2 Å². The Bertz CT molecular complexity index is 256. The molecule has 2 unspecified atom stereocenters. The number of aliphatic hydroxyl groups excluding tert-OH is 1. The fourth-order valence-corrected chi connectivity index (χ4v) is 2.21. The third kappa shape index (κ3) is 5.81. The van der Waals surface area contributed by atoms with E-state index in [1.165, 1.54) is 0 Å². The van der Waals surface area contributed by atoms with Crippen LogP contribution in [0.3, 0.4) is 0 Å². The Morgan fingerprint density at radius 3 is 2.33 bits per heavy atom. The highest BCUT2D eigenvalue weighted by molar-refractivity contribution is 5.97. The lowest BCUT2D eigenvalue weighted by molar-refractivity contribution is -0.121. The summed E-state index contributed by atoms with van der Waals surface area (Å²) in [7, 11) is 0. The SMILES string of the molecule is CCCC=C(CC)C(=O)C(C)C(CO)CCCC. The van der Waals surface area contributed by atoms with Crippen LogP contribution in [-0.2, 0) is 4.79 Å². The molecule has 0 spiro atoms. The van der Waals surface area contributed by atoms with E-state index < -0.39 is 0 Å². The molecule has 0 saturated carbocycles. The van der Waals surface area contributed by atoms with E-state index in [0.717, 1.165) is 44.1 Å². The molecule has 1 N–H and O–H groups in total. The number of rotatable bonds is 10. The molecule has 2 heteroatoms. The van der Waals surface area contributed by atoms with E-state index in [9.17, 15) is 9.90 Å². The molecule has 0 aromatic heterocycles. The van der Waals surface area contributed by atoms with E-state index in [1.807, 2.05) is 13.8 Å². The number of allylic oxidation sites excluding steroid dienone is 2. The highest BCUT2D eigenvalue weighted by Gasteiger charge is 2.24. The molecule has 0 aliphatic heterocycles. The molecular formula is C16H30O2. The number of unbranched alkanes of at least 4 members (excludes halogenated alkanes) is 2. The Balaban J connectivity index is 4.61. The summed E-state index contributed by atoms with van der Waals surface area (Å²) in [6.07, 6.45) is 8.07. The Morgan fingerprint density at radius 1 is 1.22 bits per heavy atom. The second kappa shape index (κ2) is 10.3. The molecule has 0 fully saturated rings. The van der Waals surface area contributed by atoms with Crippen LogP contribution in [0.4, 0.5) is 0 Å². The van der Waals surface area contributed by atoms with Crippen LogP contribution < -0.4 is 0 Å². The zero-order chi connectivity index (χ0) is 14.0. The second-order valence-corrected chi connectivity index (χ2v) is 5.11.